The molecule has 0 saturated heterocycles. The minimum atomic E-state index is -0.626. The van der Waals surface area contributed by atoms with E-state index in [-0.39, 0.29) is 25.1 Å². The summed E-state index contributed by atoms with van der Waals surface area (Å²) in [6.45, 7) is -0.349. The molecule has 168 valence electrons. The Morgan fingerprint density at radius 2 is 1.52 bits per heavy atom. The average molecular weight is 449 g/mol. The maximum atomic E-state index is 13.1. The molecule has 0 fully saturated rings. The van der Waals surface area contributed by atoms with Crippen LogP contribution >= 0.6 is 0 Å². The predicted octanol–water partition coefficient (Wildman–Crippen LogP) is 2.58. The van der Waals surface area contributed by atoms with Crippen LogP contribution < -0.4 is 15.6 Å². The van der Waals surface area contributed by atoms with E-state index in [0.717, 1.165) is 16.4 Å². The summed E-state index contributed by atoms with van der Waals surface area (Å²) in [5.74, 6) is -2.22. The molecule has 0 aliphatic carbocycles. The van der Waals surface area contributed by atoms with Crippen molar-refractivity contribution < 1.29 is 28.3 Å². The van der Waals surface area contributed by atoms with Gasteiger partial charge in [-0.25, -0.2) is 4.39 Å². The van der Waals surface area contributed by atoms with Gasteiger partial charge in [-0.15, -0.1) is 0 Å². The molecule has 8 nitrogen and oxygen atoms in total. The standard InChI is InChI=1S/C24H20FN3O5/c25-16-7-3-8-17(13-16)33-14-21(30)27-26-20(29)11-4-12-28-23(31)18-9-1-5-15-6-2-10-19(22(15)18)24(28)32/h1-3,5-10,13H,4,11-12,14H2,(H,26,29)(H,27,30). The third-order valence-corrected chi connectivity index (χ3v) is 5.15. The van der Waals surface area contributed by atoms with Crippen LogP contribution in [0.3, 0.4) is 0 Å². The van der Waals surface area contributed by atoms with Gasteiger partial charge in [-0.1, -0.05) is 30.3 Å². The highest BCUT2D eigenvalue weighted by Gasteiger charge is 2.32. The topological polar surface area (TPSA) is 105 Å². The number of amides is 4. The number of nitrogens with zero attached hydrogens (tertiary/aromatic N) is 1. The number of nitrogens with one attached hydrogen (secondary N) is 2. The highest BCUT2D eigenvalue weighted by Crippen LogP contribution is 2.30. The van der Waals surface area contributed by atoms with Crippen molar-refractivity contribution in [2.75, 3.05) is 13.2 Å². The van der Waals surface area contributed by atoms with E-state index < -0.39 is 36.1 Å². The first-order chi connectivity index (χ1) is 15.9. The smallest absolute Gasteiger partial charge is 0.276 e. The van der Waals surface area contributed by atoms with E-state index in [1.54, 1.807) is 24.3 Å². The molecule has 3 aromatic rings. The van der Waals surface area contributed by atoms with Crippen molar-refractivity contribution in [2.24, 2.45) is 0 Å². The van der Waals surface area contributed by atoms with Crippen molar-refractivity contribution in [3.8, 4) is 5.75 Å². The zero-order valence-electron chi connectivity index (χ0n) is 17.5. The van der Waals surface area contributed by atoms with Crippen molar-refractivity contribution in [3.05, 3.63) is 77.6 Å². The van der Waals surface area contributed by atoms with Crippen LogP contribution in [0.15, 0.2) is 60.7 Å². The molecule has 4 rings (SSSR count). The Morgan fingerprint density at radius 3 is 2.18 bits per heavy atom. The van der Waals surface area contributed by atoms with Gasteiger partial charge in [-0.2, -0.15) is 0 Å². The number of ether oxygens (including phenoxy) is 1. The Hall–Kier alpha value is -4.27. The van der Waals surface area contributed by atoms with Crippen molar-refractivity contribution in [1.29, 1.82) is 0 Å². The van der Waals surface area contributed by atoms with Crippen LogP contribution in [-0.4, -0.2) is 41.7 Å². The Morgan fingerprint density at radius 1 is 0.879 bits per heavy atom. The lowest BCUT2D eigenvalue weighted by Crippen LogP contribution is -2.44. The molecule has 0 radical (unpaired) electrons. The molecule has 1 heterocycles. The maximum Gasteiger partial charge on any atom is 0.276 e. The lowest BCUT2D eigenvalue weighted by Gasteiger charge is -2.27. The summed E-state index contributed by atoms with van der Waals surface area (Å²) in [7, 11) is 0. The van der Waals surface area contributed by atoms with Crippen molar-refractivity contribution in [1.82, 2.24) is 15.8 Å². The zero-order valence-corrected chi connectivity index (χ0v) is 17.5. The SMILES string of the molecule is O=C(CCCN1C(=O)c2cccc3cccc(c23)C1=O)NNC(=O)COc1cccc(F)c1. The minimum absolute atomic E-state index is 0.0199. The summed E-state index contributed by atoms with van der Waals surface area (Å²) < 4.78 is 18.2. The molecule has 9 heteroatoms. The molecule has 1 aliphatic heterocycles. The van der Waals surface area contributed by atoms with Crippen LogP contribution in [0, 0.1) is 5.82 Å². The van der Waals surface area contributed by atoms with Crippen LogP contribution in [0.1, 0.15) is 33.6 Å². The molecule has 0 unspecified atom stereocenters. The number of imide groups is 1. The normalized spacial score (nSPS) is 12.6. The summed E-state index contributed by atoms with van der Waals surface area (Å²) in [6, 6.07) is 15.9. The second kappa shape index (κ2) is 9.47. The third-order valence-electron chi connectivity index (χ3n) is 5.15. The van der Waals surface area contributed by atoms with Crippen LogP contribution in [0.2, 0.25) is 0 Å². The molecule has 0 spiro atoms. The van der Waals surface area contributed by atoms with Crippen LogP contribution in [0.4, 0.5) is 4.39 Å². The molecule has 2 N–H and O–H groups in total. The highest BCUT2D eigenvalue weighted by molar-refractivity contribution is 6.25. The summed E-state index contributed by atoms with van der Waals surface area (Å²) >= 11 is 0. The lowest BCUT2D eigenvalue weighted by atomic mass is 9.94. The summed E-state index contributed by atoms with van der Waals surface area (Å²) in [5, 5.41) is 1.47. The second-order valence-corrected chi connectivity index (χ2v) is 7.42. The molecule has 0 atom stereocenters. The van der Waals surface area contributed by atoms with Gasteiger partial charge in [-0.05, 0) is 36.1 Å². The summed E-state index contributed by atoms with van der Waals surface area (Å²) in [5.41, 5.74) is 5.35. The molecule has 0 bridgehead atoms. The number of hydrogen-bond acceptors (Lipinski definition) is 5. The number of carbonyl (C=O) groups is 4. The number of benzene rings is 3. The number of carbonyl (C=O) groups excluding carboxylic acids is 4. The van der Waals surface area contributed by atoms with Gasteiger partial charge in [0.05, 0.1) is 0 Å². The van der Waals surface area contributed by atoms with E-state index >= 15 is 0 Å². The van der Waals surface area contributed by atoms with E-state index in [0.29, 0.717) is 16.5 Å². The van der Waals surface area contributed by atoms with E-state index in [1.165, 1.54) is 18.2 Å². The summed E-state index contributed by atoms with van der Waals surface area (Å²) in [4.78, 5) is 50.6. The van der Waals surface area contributed by atoms with E-state index in [1.807, 2.05) is 12.1 Å². The average Bonchev–Trinajstić information content (AvgIpc) is 2.82. The fourth-order valence-corrected chi connectivity index (χ4v) is 3.62. The molecule has 0 saturated carbocycles. The van der Waals surface area contributed by atoms with E-state index in [9.17, 15) is 23.6 Å². The van der Waals surface area contributed by atoms with Gasteiger partial charge in [0.1, 0.15) is 11.6 Å². The highest BCUT2D eigenvalue weighted by atomic mass is 19.1. The largest absolute Gasteiger partial charge is 0.484 e. The lowest BCUT2D eigenvalue weighted by molar-refractivity contribution is -0.130. The monoisotopic (exact) mass is 449 g/mol. The molecule has 33 heavy (non-hydrogen) atoms. The molecule has 4 amide bonds. The van der Waals surface area contributed by atoms with Crippen LogP contribution in [-0.2, 0) is 9.59 Å². The van der Waals surface area contributed by atoms with E-state index in [2.05, 4.69) is 10.9 Å². The number of rotatable bonds is 7. The third kappa shape index (κ3) is 4.82. The first-order valence-corrected chi connectivity index (χ1v) is 10.3. The van der Waals surface area contributed by atoms with Crippen LogP contribution in [0.5, 0.6) is 5.75 Å². The number of hydrazine groups is 1. The van der Waals surface area contributed by atoms with Gasteiger partial charge in [0.2, 0.25) is 5.91 Å². The second-order valence-electron chi connectivity index (χ2n) is 7.42. The predicted molar refractivity (Wildman–Crippen MR) is 117 cm³/mol. The van der Waals surface area contributed by atoms with Gasteiger partial charge in [0, 0.05) is 35.5 Å². The Bertz CT molecular complexity index is 1210. The van der Waals surface area contributed by atoms with Gasteiger partial charge in [0.25, 0.3) is 17.7 Å². The molecular formula is C24H20FN3O5. The van der Waals surface area contributed by atoms with Gasteiger partial charge in [-0.3, -0.25) is 34.9 Å². The van der Waals surface area contributed by atoms with E-state index in [4.69, 9.17) is 4.74 Å². The number of hydrogen-bond donors (Lipinski definition) is 2. The first kappa shape index (κ1) is 21.9. The Balaban J connectivity index is 1.25. The van der Waals surface area contributed by atoms with Gasteiger partial charge >= 0.3 is 0 Å². The Labute approximate surface area is 188 Å². The minimum Gasteiger partial charge on any atom is -0.484 e. The quantitative estimate of drug-likeness (QED) is 0.426. The molecular weight excluding hydrogens is 429 g/mol. The first-order valence-electron chi connectivity index (χ1n) is 10.3. The maximum absolute atomic E-state index is 13.1. The molecule has 0 aromatic heterocycles. The Kier molecular flexibility index (Phi) is 6.30. The fraction of sp³-hybridized carbons (Fsp3) is 0.167. The van der Waals surface area contributed by atoms with Crippen molar-refractivity contribution in [2.45, 2.75) is 12.8 Å². The zero-order chi connectivity index (χ0) is 23.4. The van der Waals surface area contributed by atoms with Crippen molar-refractivity contribution in [3.63, 3.8) is 0 Å². The van der Waals surface area contributed by atoms with Gasteiger partial charge < -0.3 is 4.74 Å². The molecule has 3 aromatic carbocycles. The summed E-state index contributed by atoms with van der Waals surface area (Å²) in [6.07, 6.45) is 0.199. The number of halogens is 1. The van der Waals surface area contributed by atoms with Crippen molar-refractivity contribution >= 4 is 34.4 Å². The molecule has 1 aliphatic rings. The van der Waals surface area contributed by atoms with Gasteiger partial charge in [0.15, 0.2) is 6.61 Å². The fourth-order valence-electron chi connectivity index (χ4n) is 3.62. The van der Waals surface area contributed by atoms with Crippen LogP contribution in [0.25, 0.3) is 10.8 Å².